The first-order valence-electron chi connectivity index (χ1n) is 10.0. The Kier molecular flexibility index (Phi) is 7.13. The van der Waals surface area contributed by atoms with Gasteiger partial charge in [0.2, 0.25) is 11.0 Å². The number of hydrogen-bond donors (Lipinski definition) is 1. The van der Waals surface area contributed by atoms with Crippen molar-refractivity contribution in [2.45, 2.75) is 30.0 Å². The molecule has 0 aliphatic carbocycles. The van der Waals surface area contributed by atoms with Crippen LogP contribution in [0.1, 0.15) is 24.7 Å². The monoisotopic (exact) mass is 467 g/mol. The SMILES string of the molecule is CCOC(=O)CC(=O)Nc1nnc(SCc2nc3ccccc3n2Cc2ccccc2)s1. The molecule has 0 unspecified atom stereocenters. The number of fused-ring (bicyclic) bond motifs is 1. The fraction of sp³-hybridized carbons (Fsp3) is 0.227. The van der Waals surface area contributed by atoms with E-state index in [9.17, 15) is 9.59 Å². The van der Waals surface area contributed by atoms with Crippen LogP contribution in [0.3, 0.4) is 0 Å². The molecule has 0 spiro atoms. The van der Waals surface area contributed by atoms with Crippen LogP contribution >= 0.6 is 23.1 Å². The Morgan fingerprint density at radius 2 is 1.88 bits per heavy atom. The molecule has 0 radical (unpaired) electrons. The van der Waals surface area contributed by atoms with Crippen LogP contribution in [0.2, 0.25) is 0 Å². The minimum absolute atomic E-state index is 0.237. The van der Waals surface area contributed by atoms with E-state index in [1.54, 1.807) is 6.92 Å². The lowest BCUT2D eigenvalue weighted by atomic mass is 10.2. The van der Waals surface area contributed by atoms with E-state index in [0.29, 0.717) is 15.2 Å². The molecule has 0 aliphatic heterocycles. The van der Waals surface area contributed by atoms with Crippen LogP contribution in [0, 0.1) is 0 Å². The molecule has 32 heavy (non-hydrogen) atoms. The zero-order valence-corrected chi connectivity index (χ0v) is 19.0. The number of amides is 1. The highest BCUT2D eigenvalue weighted by molar-refractivity contribution is 8.00. The number of aromatic nitrogens is 4. The maximum absolute atomic E-state index is 11.9. The van der Waals surface area contributed by atoms with Gasteiger partial charge in [-0.05, 0) is 24.6 Å². The van der Waals surface area contributed by atoms with Crippen molar-refractivity contribution in [1.29, 1.82) is 0 Å². The Labute approximate surface area is 193 Å². The van der Waals surface area contributed by atoms with Crippen LogP contribution in [-0.4, -0.2) is 38.2 Å². The predicted octanol–water partition coefficient (Wildman–Crippen LogP) is 4.12. The number of thioether (sulfide) groups is 1. The quantitative estimate of drug-likeness (QED) is 0.171. The molecule has 2 heterocycles. The number of benzene rings is 2. The molecule has 4 rings (SSSR count). The van der Waals surface area contributed by atoms with Crippen molar-refractivity contribution in [3.05, 3.63) is 66.0 Å². The van der Waals surface area contributed by atoms with Gasteiger partial charge in [-0.2, -0.15) is 0 Å². The Morgan fingerprint density at radius 3 is 2.69 bits per heavy atom. The van der Waals surface area contributed by atoms with Crippen molar-refractivity contribution in [1.82, 2.24) is 19.7 Å². The summed E-state index contributed by atoms with van der Waals surface area (Å²) >= 11 is 2.76. The minimum Gasteiger partial charge on any atom is -0.466 e. The molecule has 164 valence electrons. The van der Waals surface area contributed by atoms with Gasteiger partial charge in [0.1, 0.15) is 12.2 Å². The summed E-state index contributed by atoms with van der Waals surface area (Å²) in [6.45, 7) is 2.65. The highest BCUT2D eigenvalue weighted by Crippen LogP contribution is 2.29. The van der Waals surface area contributed by atoms with E-state index in [2.05, 4.69) is 38.3 Å². The van der Waals surface area contributed by atoms with E-state index < -0.39 is 11.9 Å². The molecule has 0 atom stereocenters. The first-order chi connectivity index (χ1) is 15.6. The summed E-state index contributed by atoms with van der Waals surface area (Å²) in [6, 6.07) is 18.3. The highest BCUT2D eigenvalue weighted by atomic mass is 32.2. The van der Waals surface area contributed by atoms with Crippen molar-refractivity contribution < 1.29 is 14.3 Å². The zero-order chi connectivity index (χ0) is 22.3. The van der Waals surface area contributed by atoms with E-state index in [-0.39, 0.29) is 13.0 Å². The summed E-state index contributed by atoms with van der Waals surface area (Å²) in [6.07, 6.45) is -0.348. The van der Waals surface area contributed by atoms with E-state index in [4.69, 9.17) is 9.72 Å². The Morgan fingerprint density at radius 1 is 1.09 bits per heavy atom. The van der Waals surface area contributed by atoms with Crippen molar-refractivity contribution >= 4 is 51.1 Å². The van der Waals surface area contributed by atoms with Gasteiger partial charge in [-0.3, -0.25) is 14.9 Å². The molecule has 10 heteroatoms. The van der Waals surface area contributed by atoms with Crippen LogP contribution < -0.4 is 5.32 Å². The molecule has 0 saturated heterocycles. The van der Waals surface area contributed by atoms with Gasteiger partial charge in [0.25, 0.3) is 0 Å². The number of nitrogens with zero attached hydrogens (tertiary/aromatic N) is 4. The lowest BCUT2D eigenvalue weighted by Crippen LogP contribution is -2.18. The predicted molar refractivity (Wildman–Crippen MR) is 125 cm³/mol. The number of rotatable bonds is 9. The normalized spacial score (nSPS) is 10.9. The third-order valence-corrected chi connectivity index (χ3v) is 6.47. The molecule has 2 aromatic heterocycles. The lowest BCUT2D eigenvalue weighted by molar-refractivity contribution is -0.145. The molecule has 4 aromatic rings. The second-order valence-corrected chi connectivity index (χ2v) is 8.98. The van der Waals surface area contributed by atoms with E-state index in [1.807, 2.05) is 36.4 Å². The second kappa shape index (κ2) is 10.4. The lowest BCUT2D eigenvalue weighted by Gasteiger charge is -2.09. The summed E-state index contributed by atoms with van der Waals surface area (Å²) in [5, 5.41) is 11.1. The number of anilines is 1. The van der Waals surface area contributed by atoms with Crippen molar-refractivity contribution in [2.75, 3.05) is 11.9 Å². The van der Waals surface area contributed by atoms with Gasteiger partial charge in [-0.1, -0.05) is 65.6 Å². The number of carbonyl (C=O) groups excluding carboxylic acids is 2. The summed E-state index contributed by atoms with van der Waals surface area (Å²) in [5.74, 6) is 0.498. The first-order valence-corrected chi connectivity index (χ1v) is 11.8. The largest absolute Gasteiger partial charge is 0.466 e. The number of para-hydroxylation sites is 2. The molecule has 0 aliphatic rings. The summed E-state index contributed by atoms with van der Waals surface area (Å²) in [7, 11) is 0. The fourth-order valence-corrected chi connectivity index (χ4v) is 4.84. The van der Waals surface area contributed by atoms with Gasteiger partial charge >= 0.3 is 5.97 Å². The van der Waals surface area contributed by atoms with Gasteiger partial charge < -0.3 is 9.30 Å². The number of hydrogen-bond acceptors (Lipinski definition) is 8. The number of nitrogens with one attached hydrogen (secondary N) is 1. The van der Waals surface area contributed by atoms with Crippen LogP contribution in [0.15, 0.2) is 58.9 Å². The van der Waals surface area contributed by atoms with Crippen LogP contribution in [0.25, 0.3) is 11.0 Å². The third kappa shape index (κ3) is 5.51. The Bertz CT molecular complexity index is 1220. The molecular weight excluding hydrogens is 446 g/mol. The summed E-state index contributed by atoms with van der Waals surface area (Å²) in [5.41, 5.74) is 3.23. The standard InChI is InChI=1S/C22H21N5O3S2/c1-2-30-20(29)12-19(28)24-21-25-26-22(32-21)31-14-18-23-16-10-6-7-11-17(16)27(18)13-15-8-4-3-5-9-15/h3-11H,2,12-14H2,1H3,(H,24,25,28). The minimum atomic E-state index is -0.568. The van der Waals surface area contributed by atoms with Crippen molar-refractivity contribution in [2.24, 2.45) is 0 Å². The molecule has 1 N–H and O–H groups in total. The second-order valence-electron chi connectivity index (χ2n) is 6.78. The topological polar surface area (TPSA) is 99.0 Å². The van der Waals surface area contributed by atoms with Crippen molar-refractivity contribution in [3.63, 3.8) is 0 Å². The van der Waals surface area contributed by atoms with E-state index in [1.165, 1.54) is 28.7 Å². The average Bonchev–Trinajstić information content (AvgIpc) is 3.37. The van der Waals surface area contributed by atoms with E-state index in [0.717, 1.165) is 23.4 Å². The number of esters is 1. The van der Waals surface area contributed by atoms with Crippen LogP contribution in [0.5, 0.6) is 0 Å². The highest BCUT2D eigenvalue weighted by Gasteiger charge is 2.15. The Hall–Kier alpha value is -3.24. The van der Waals surface area contributed by atoms with Crippen LogP contribution in [-0.2, 0) is 26.6 Å². The Balaban J connectivity index is 1.44. The molecule has 0 fully saturated rings. The number of imidazole rings is 1. The number of ether oxygens (including phenoxy) is 1. The maximum Gasteiger partial charge on any atom is 0.315 e. The molecule has 8 nitrogen and oxygen atoms in total. The third-order valence-electron chi connectivity index (χ3n) is 4.50. The molecular formula is C22H21N5O3S2. The average molecular weight is 468 g/mol. The summed E-state index contributed by atoms with van der Waals surface area (Å²) in [4.78, 5) is 28.1. The van der Waals surface area contributed by atoms with Gasteiger partial charge in [-0.15, -0.1) is 10.2 Å². The molecule has 0 bridgehead atoms. The maximum atomic E-state index is 11.9. The van der Waals surface area contributed by atoms with Gasteiger partial charge in [0, 0.05) is 6.54 Å². The van der Waals surface area contributed by atoms with Gasteiger partial charge in [-0.25, -0.2) is 4.98 Å². The summed E-state index contributed by atoms with van der Waals surface area (Å²) < 4.78 is 7.69. The smallest absolute Gasteiger partial charge is 0.315 e. The zero-order valence-electron chi connectivity index (χ0n) is 17.4. The molecule has 1 amide bonds. The van der Waals surface area contributed by atoms with Gasteiger partial charge in [0.15, 0.2) is 4.34 Å². The number of carbonyl (C=O) groups is 2. The molecule has 2 aromatic carbocycles. The van der Waals surface area contributed by atoms with Gasteiger partial charge in [0.05, 0.1) is 23.4 Å². The fourth-order valence-electron chi connectivity index (χ4n) is 3.13. The van der Waals surface area contributed by atoms with Crippen molar-refractivity contribution in [3.8, 4) is 0 Å². The van der Waals surface area contributed by atoms with Crippen LogP contribution in [0.4, 0.5) is 5.13 Å². The first kappa shape index (κ1) is 22.0. The molecule has 0 saturated carbocycles. The van der Waals surface area contributed by atoms with E-state index >= 15 is 0 Å².